The molecule has 9 heteroatoms. The minimum atomic E-state index is -0.788. The Morgan fingerprint density at radius 2 is 1.97 bits per heavy atom. The van der Waals surface area contributed by atoms with Crippen molar-refractivity contribution in [3.05, 3.63) is 75.2 Å². The van der Waals surface area contributed by atoms with Crippen LogP contribution in [-0.4, -0.2) is 64.2 Å². The van der Waals surface area contributed by atoms with Crippen LogP contribution < -0.4 is 15.8 Å². The monoisotopic (exact) mass is 520 g/mol. The van der Waals surface area contributed by atoms with Gasteiger partial charge in [0, 0.05) is 49.6 Å². The molecule has 8 nitrogen and oxygen atoms in total. The number of anilines is 2. The summed E-state index contributed by atoms with van der Waals surface area (Å²) in [6, 6.07) is 13.2. The van der Waals surface area contributed by atoms with Gasteiger partial charge in [0.1, 0.15) is 11.4 Å². The Balaban J connectivity index is 1.40. The first-order valence-electron chi connectivity index (χ1n) is 12.8. The summed E-state index contributed by atoms with van der Waals surface area (Å²) in [6.07, 6.45) is 1.98. The molecular formula is C28H33ClN6O2. The largest absolute Gasteiger partial charge is 0.387 e. The smallest absolute Gasteiger partial charge is 0.261 e. The van der Waals surface area contributed by atoms with Crippen molar-refractivity contribution < 1.29 is 5.11 Å². The van der Waals surface area contributed by atoms with Crippen LogP contribution in [0.5, 0.6) is 0 Å². The molecule has 0 radical (unpaired) electrons. The van der Waals surface area contributed by atoms with Gasteiger partial charge in [0.2, 0.25) is 0 Å². The van der Waals surface area contributed by atoms with Gasteiger partial charge in [0.05, 0.1) is 22.8 Å². The predicted octanol–water partition coefficient (Wildman–Crippen LogP) is 4.56. The maximum absolute atomic E-state index is 12.9. The Morgan fingerprint density at radius 3 is 2.73 bits per heavy atom. The van der Waals surface area contributed by atoms with Crippen LogP contribution in [0.2, 0.25) is 5.02 Å². The van der Waals surface area contributed by atoms with E-state index in [1.54, 1.807) is 30.5 Å². The second-order valence-corrected chi connectivity index (χ2v) is 10.1. The summed E-state index contributed by atoms with van der Waals surface area (Å²) in [5.74, 6) is 0.490. The van der Waals surface area contributed by atoms with E-state index >= 15 is 0 Å². The van der Waals surface area contributed by atoms with Crippen molar-refractivity contribution in [3.63, 3.8) is 0 Å². The molecule has 5 rings (SSSR count). The molecule has 0 aliphatic carbocycles. The minimum absolute atomic E-state index is 0.213. The lowest BCUT2D eigenvalue weighted by atomic mass is 10.1. The fourth-order valence-electron chi connectivity index (χ4n) is 5.02. The molecule has 0 bridgehead atoms. The van der Waals surface area contributed by atoms with Crippen LogP contribution in [0.4, 0.5) is 11.4 Å². The van der Waals surface area contributed by atoms with Crippen LogP contribution in [0.1, 0.15) is 30.6 Å². The van der Waals surface area contributed by atoms with Gasteiger partial charge < -0.3 is 25.3 Å². The molecule has 0 saturated carbocycles. The number of piperazine rings is 1. The van der Waals surface area contributed by atoms with Gasteiger partial charge in [-0.05, 0) is 61.3 Å². The highest BCUT2D eigenvalue weighted by atomic mass is 35.5. The second kappa shape index (κ2) is 11.0. The predicted molar refractivity (Wildman–Crippen MR) is 151 cm³/mol. The topological polar surface area (TPSA) is 100 Å². The normalized spacial score (nSPS) is 15.3. The Bertz CT molecular complexity index is 1440. The van der Waals surface area contributed by atoms with E-state index in [0.29, 0.717) is 27.7 Å². The number of halogens is 1. The summed E-state index contributed by atoms with van der Waals surface area (Å²) >= 11 is 6.07. The molecule has 1 fully saturated rings. The van der Waals surface area contributed by atoms with Crippen molar-refractivity contribution in [1.82, 2.24) is 19.9 Å². The first-order valence-corrected chi connectivity index (χ1v) is 13.2. The molecule has 2 aromatic heterocycles. The van der Waals surface area contributed by atoms with Crippen LogP contribution in [0.25, 0.3) is 22.4 Å². The third-order valence-corrected chi connectivity index (χ3v) is 7.19. The molecular weight excluding hydrogens is 488 g/mol. The van der Waals surface area contributed by atoms with E-state index in [0.717, 1.165) is 49.3 Å². The van der Waals surface area contributed by atoms with Crippen LogP contribution in [-0.2, 0) is 0 Å². The maximum Gasteiger partial charge on any atom is 0.261 e. The summed E-state index contributed by atoms with van der Waals surface area (Å²) in [4.78, 5) is 28.8. The Labute approximate surface area is 221 Å². The number of nitrogens with zero attached hydrogens (tertiary/aromatic N) is 3. The number of aromatic amines is 2. The highest BCUT2D eigenvalue weighted by Crippen LogP contribution is 2.30. The molecule has 0 amide bonds. The van der Waals surface area contributed by atoms with E-state index in [4.69, 9.17) is 16.6 Å². The first kappa shape index (κ1) is 25.3. The van der Waals surface area contributed by atoms with Crippen LogP contribution in [0, 0.1) is 6.92 Å². The van der Waals surface area contributed by atoms with Gasteiger partial charge in [-0.15, -0.1) is 0 Å². The van der Waals surface area contributed by atoms with Crippen molar-refractivity contribution in [3.8, 4) is 11.4 Å². The summed E-state index contributed by atoms with van der Waals surface area (Å²) < 4.78 is 0. The van der Waals surface area contributed by atoms with Gasteiger partial charge in [-0.2, -0.15) is 0 Å². The molecule has 37 heavy (non-hydrogen) atoms. The molecule has 4 aromatic rings. The van der Waals surface area contributed by atoms with Crippen LogP contribution in [0.15, 0.2) is 53.5 Å². The van der Waals surface area contributed by atoms with Gasteiger partial charge in [-0.3, -0.25) is 9.69 Å². The summed E-state index contributed by atoms with van der Waals surface area (Å²) in [7, 11) is 0. The van der Waals surface area contributed by atoms with E-state index in [2.05, 4.69) is 51.1 Å². The second-order valence-electron chi connectivity index (χ2n) is 9.62. The lowest BCUT2D eigenvalue weighted by Gasteiger charge is -2.36. The summed E-state index contributed by atoms with van der Waals surface area (Å²) in [5.41, 5.74) is 5.41. The number of rotatable bonds is 8. The number of aryl methyl sites for hydroxylation is 1. The number of H-pyrrole nitrogens is 2. The number of benzene rings is 2. The molecule has 3 heterocycles. The number of aliphatic hydroxyl groups excluding tert-OH is 1. The quantitative estimate of drug-likeness (QED) is 0.272. The molecule has 1 saturated heterocycles. The number of hydrogen-bond donors (Lipinski definition) is 4. The third-order valence-electron chi connectivity index (χ3n) is 6.96. The van der Waals surface area contributed by atoms with Gasteiger partial charge in [-0.1, -0.05) is 30.7 Å². The van der Waals surface area contributed by atoms with Crippen LogP contribution >= 0.6 is 11.6 Å². The average molecular weight is 521 g/mol. The summed E-state index contributed by atoms with van der Waals surface area (Å²) in [5, 5.41) is 14.4. The number of aromatic nitrogens is 3. The summed E-state index contributed by atoms with van der Waals surface area (Å²) in [6.45, 7) is 9.75. The number of pyridine rings is 1. The molecule has 194 valence electrons. The number of nitrogens with one attached hydrogen (secondary N) is 3. The van der Waals surface area contributed by atoms with Gasteiger partial charge in [-0.25, -0.2) is 4.98 Å². The molecule has 1 unspecified atom stereocenters. The zero-order chi connectivity index (χ0) is 25.9. The van der Waals surface area contributed by atoms with Crippen molar-refractivity contribution >= 4 is 34.0 Å². The number of aliphatic hydroxyl groups is 1. The van der Waals surface area contributed by atoms with Gasteiger partial charge in [0.15, 0.2) is 0 Å². The van der Waals surface area contributed by atoms with Gasteiger partial charge in [0.25, 0.3) is 5.56 Å². The Kier molecular flexibility index (Phi) is 7.50. The Hall–Kier alpha value is -3.33. The number of imidazole rings is 1. The molecule has 1 atom stereocenters. The van der Waals surface area contributed by atoms with E-state index in [9.17, 15) is 9.90 Å². The molecule has 4 N–H and O–H groups in total. The fraction of sp³-hybridized carbons (Fsp3) is 0.357. The number of fused-ring (bicyclic) bond motifs is 1. The maximum atomic E-state index is 12.9. The van der Waals surface area contributed by atoms with E-state index in [1.807, 2.05) is 6.07 Å². The lowest BCUT2D eigenvalue weighted by molar-refractivity contribution is 0.191. The van der Waals surface area contributed by atoms with E-state index < -0.39 is 6.10 Å². The van der Waals surface area contributed by atoms with Crippen molar-refractivity contribution in [2.45, 2.75) is 26.4 Å². The van der Waals surface area contributed by atoms with Crippen molar-refractivity contribution in [1.29, 1.82) is 0 Å². The molecule has 0 spiro atoms. The highest BCUT2D eigenvalue weighted by molar-refractivity contribution is 6.30. The standard InChI is InChI=1S/C28H33ClN6O2/c1-3-9-34-10-12-35(13-11-34)21-14-18(2)26-23(16-21)32-27(33-26)25-22(7-8-30-28(25)37)31-17-24(36)19-5-4-6-20(29)15-19/h4-8,14-16,24,36H,3,9-13,17H2,1-2H3,(H,32,33)(H2,30,31,37). The minimum Gasteiger partial charge on any atom is -0.387 e. The number of hydrogen-bond acceptors (Lipinski definition) is 6. The van der Waals surface area contributed by atoms with E-state index in [1.165, 1.54) is 12.1 Å². The van der Waals surface area contributed by atoms with Crippen LogP contribution in [0.3, 0.4) is 0 Å². The third kappa shape index (κ3) is 5.51. The van der Waals surface area contributed by atoms with Gasteiger partial charge >= 0.3 is 0 Å². The van der Waals surface area contributed by atoms with Crippen molar-refractivity contribution in [2.24, 2.45) is 0 Å². The zero-order valence-corrected chi connectivity index (χ0v) is 22.0. The molecule has 1 aliphatic heterocycles. The van der Waals surface area contributed by atoms with Crippen molar-refractivity contribution in [2.75, 3.05) is 49.5 Å². The lowest BCUT2D eigenvalue weighted by Crippen LogP contribution is -2.46. The van der Waals surface area contributed by atoms with E-state index in [-0.39, 0.29) is 12.1 Å². The molecule has 2 aromatic carbocycles. The first-order chi connectivity index (χ1) is 17.9. The fourth-order valence-corrected chi connectivity index (χ4v) is 5.22. The SMILES string of the molecule is CCCN1CCN(c2cc(C)c3nc(-c4c(NCC(O)c5cccc(Cl)c5)cc[nH]c4=O)[nH]c3c2)CC1. The molecule has 1 aliphatic rings. The zero-order valence-electron chi connectivity index (χ0n) is 21.2. The highest BCUT2D eigenvalue weighted by Gasteiger charge is 2.20. The Morgan fingerprint density at radius 1 is 1.16 bits per heavy atom. The average Bonchev–Trinajstić information content (AvgIpc) is 3.32.